The molecule has 1 unspecified atom stereocenters. The van der Waals surface area contributed by atoms with Gasteiger partial charge >= 0.3 is 0 Å². The van der Waals surface area contributed by atoms with Crippen molar-refractivity contribution in [3.05, 3.63) is 52.5 Å². The van der Waals surface area contributed by atoms with Crippen LogP contribution in [0.1, 0.15) is 18.2 Å². The van der Waals surface area contributed by atoms with Crippen LogP contribution in [0.3, 0.4) is 0 Å². The van der Waals surface area contributed by atoms with Gasteiger partial charge in [-0.3, -0.25) is 4.79 Å². The standard InChI is InChI=1S/C20H27FN4O2S/c1-4-15(27-18-10-6-5-9-17(18)21)12-22-20(24-14-19(26)25(2)3)23-13-16-8-7-11-28-16/h5-11,15H,4,12-14H2,1-3H3,(H2,22,23,24). The highest BCUT2D eigenvalue weighted by atomic mass is 32.1. The number of aliphatic imine (C=N–C) groups is 1. The number of nitrogens with zero attached hydrogens (tertiary/aromatic N) is 2. The number of benzene rings is 1. The number of hydrogen-bond donors (Lipinski definition) is 2. The monoisotopic (exact) mass is 406 g/mol. The van der Waals surface area contributed by atoms with E-state index in [1.165, 1.54) is 11.0 Å². The van der Waals surface area contributed by atoms with Crippen LogP contribution in [0.5, 0.6) is 5.75 Å². The number of guanidine groups is 1. The summed E-state index contributed by atoms with van der Waals surface area (Å²) in [4.78, 5) is 18.9. The van der Waals surface area contributed by atoms with E-state index in [1.807, 2.05) is 24.4 Å². The first-order valence-corrected chi connectivity index (χ1v) is 10.0. The first kappa shape index (κ1) is 21.7. The minimum absolute atomic E-state index is 0.0394. The molecule has 1 aromatic heterocycles. The molecule has 0 radical (unpaired) electrons. The number of amides is 1. The molecule has 1 atom stereocenters. The predicted molar refractivity (Wildman–Crippen MR) is 111 cm³/mol. The lowest BCUT2D eigenvalue weighted by Crippen LogP contribution is -2.42. The van der Waals surface area contributed by atoms with E-state index in [9.17, 15) is 9.18 Å². The summed E-state index contributed by atoms with van der Waals surface area (Å²) < 4.78 is 19.6. The molecule has 2 aromatic rings. The molecule has 0 aliphatic carbocycles. The molecule has 0 fully saturated rings. The van der Waals surface area contributed by atoms with E-state index in [0.29, 0.717) is 25.5 Å². The van der Waals surface area contributed by atoms with E-state index in [1.54, 1.807) is 43.6 Å². The van der Waals surface area contributed by atoms with Gasteiger partial charge < -0.3 is 20.3 Å². The molecule has 28 heavy (non-hydrogen) atoms. The number of rotatable bonds is 9. The first-order valence-electron chi connectivity index (χ1n) is 9.15. The summed E-state index contributed by atoms with van der Waals surface area (Å²) in [6.45, 7) is 3.04. The molecule has 1 aromatic carbocycles. The van der Waals surface area contributed by atoms with E-state index in [0.717, 1.165) is 4.88 Å². The van der Waals surface area contributed by atoms with Gasteiger partial charge in [0, 0.05) is 19.0 Å². The van der Waals surface area contributed by atoms with Crippen LogP contribution < -0.4 is 15.4 Å². The quantitative estimate of drug-likeness (QED) is 0.496. The van der Waals surface area contributed by atoms with E-state index in [-0.39, 0.29) is 30.1 Å². The van der Waals surface area contributed by atoms with Gasteiger partial charge in [0.1, 0.15) is 12.6 Å². The average Bonchev–Trinajstić information content (AvgIpc) is 3.20. The van der Waals surface area contributed by atoms with Gasteiger partial charge in [-0.1, -0.05) is 25.1 Å². The van der Waals surface area contributed by atoms with E-state index < -0.39 is 0 Å². The molecule has 1 amide bonds. The molecule has 0 spiro atoms. The summed E-state index contributed by atoms with van der Waals surface area (Å²) in [6.07, 6.45) is 0.450. The van der Waals surface area contributed by atoms with Crippen molar-refractivity contribution in [1.29, 1.82) is 0 Å². The summed E-state index contributed by atoms with van der Waals surface area (Å²) in [6, 6.07) is 10.4. The molecule has 8 heteroatoms. The third-order valence-electron chi connectivity index (χ3n) is 3.96. The third kappa shape index (κ3) is 7.19. The van der Waals surface area contributed by atoms with Crippen molar-refractivity contribution < 1.29 is 13.9 Å². The second kappa shape index (κ2) is 11.3. The maximum Gasteiger partial charge on any atom is 0.243 e. The number of ether oxygens (including phenoxy) is 1. The zero-order chi connectivity index (χ0) is 20.4. The molecular weight excluding hydrogens is 379 g/mol. The Labute approximate surface area is 169 Å². The molecule has 0 bridgehead atoms. The Morgan fingerprint density at radius 1 is 1.25 bits per heavy atom. The van der Waals surface area contributed by atoms with E-state index in [2.05, 4.69) is 15.6 Å². The summed E-state index contributed by atoms with van der Waals surface area (Å²) in [5.74, 6) is 0.261. The van der Waals surface area contributed by atoms with Crippen molar-refractivity contribution in [2.24, 2.45) is 4.99 Å². The van der Waals surface area contributed by atoms with Gasteiger partial charge in [-0.2, -0.15) is 0 Å². The molecule has 0 aliphatic heterocycles. The van der Waals surface area contributed by atoms with Crippen molar-refractivity contribution in [3.8, 4) is 5.75 Å². The number of hydrogen-bond acceptors (Lipinski definition) is 4. The highest BCUT2D eigenvalue weighted by Gasteiger charge is 2.13. The van der Waals surface area contributed by atoms with Crippen molar-refractivity contribution in [3.63, 3.8) is 0 Å². The van der Waals surface area contributed by atoms with Crippen LogP contribution in [-0.2, 0) is 11.3 Å². The summed E-state index contributed by atoms with van der Waals surface area (Å²) in [7, 11) is 3.39. The smallest absolute Gasteiger partial charge is 0.243 e. The number of halogens is 1. The number of carbonyl (C=O) groups is 1. The molecule has 2 rings (SSSR count). The fourth-order valence-electron chi connectivity index (χ4n) is 2.25. The summed E-state index contributed by atoms with van der Waals surface area (Å²) in [5.41, 5.74) is 0. The lowest BCUT2D eigenvalue weighted by molar-refractivity contribution is -0.127. The van der Waals surface area contributed by atoms with Crippen molar-refractivity contribution >= 4 is 23.2 Å². The van der Waals surface area contributed by atoms with Crippen LogP contribution in [0.15, 0.2) is 46.8 Å². The van der Waals surface area contributed by atoms with Crippen LogP contribution in [0, 0.1) is 5.82 Å². The summed E-state index contributed by atoms with van der Waals surface area (Å²) in [5, 5.41) is 8.42. The van der Waals surface area contributed by atoms with Crippen molar-refractivity contribution in [2.75, 3.05) is 27.2 Å². The predicted octanol–water partition coefficient (Wildman–Crippen LogP) is 2.87. The molecule has 152 valence electrons. The van der Waals surface area contributed by atoms with Crippen LogP contribution in [0.4, 0.5) is 4.39 Å². The van der Waals surface area contributed by atoms with Gasteiger partial charge in [0.15, 0.2) is 17.5 Å². The third-order valence-corrected chi connectivity index (χ3v) is 4.84. The maximum absolute atomic E-state index is 13.8. The summed E-state index contributed by atoms with van der Waals surface area (Å²) >= 11 is 1.64. The van der Waals surface area contributed by atoms with Crippen LogP contribution >= 0.6 is 11.3 Å². The van der Waals surface area contributed by atoms with Crippen molar-refractivity contribution in [1.82, 2.24) is 15.5 Å². The zero-order valence-electron chi connectivity index (χ0n) is 16.4. The number of thiophene rings is 1. The van der Waals surface area contributed by atoms with Gasteiger partial charge in [0.2, 0.25) is 5.91 Å². The van der Waals surface area contributed by atoms with Crippen LogP contribution in [0.25, 0.3) is 0 Å². The van der Waals surface area contributed by atoms with Gasteiger partial charge in [0.05, 0.1) is 13.1 Å². The number of likely N-dealkylation sites (N-methyl/N-ethyl adjacent to an activating group) is 1. The minimum atomic E-state index is -0.387. The zero-order valence-corrected chi connectivity index (χ0v) is 17.3. The lowest BCUT2D eigenvalue weighted by Gasteiger charge is -2.20. The van der Waals surface area contributed by atoms with Crippen LogP contribution in [-0.4, -0.2) is 50.1 Å². The molecular formula is C20H27FN4O2S. The second-order valence-corrected chi connectivity index (χ2v) is 7.38. The topological polar surface area (TPSA) is 66.0 Å². The van der Waals surface area contributed by atoms with Gasteiger partial charge in [-0.05, 0) is 30.0 Å². The maximum atomic E-state index is 13.8. The fraction of sp³-hybridized carbons (Fsp3) is 0.400. The molecule has 0 saturated heterocycles. The molecule has 6 nitrogen and oxygen atoms in total. The highest BCUT2D eigenvalue weighted by Crippen LogP contribution is 2.17. The Balaban J connectivity index is 1.97. The minimum Gasteiger partial charge on any atom is -0.486 e. The normalized spacial score (nSPS) is 12.4. The van der Waals surface area contributed by atoms with E-state index in [4.69, 9.17) is 4.74 Å². The largest absolute Gasteiger partial charge is 0.486 e. The second-order valence-electron chi connectivity index (χ2n) is 6.35. The Bertz CT molecular complexity index is 765. The Kier molecular flexibility index (Phi) is 8.74. The lowest BCUT2D eigenvalue weighted by atomic mass is 10.2. The van der Waals surface area contributed by atoms with Gasteiger partial charge in [-0.15, -0.1) is 11.3 Å². The Hall–Kier alpha value is -2.61. The average molecular weight is 407 g/mol. The first-order chi connectivity index (χ1) is 13.5. The number of nitrogens with one attached hydrogen (secondary N) is 2. The number of para-hydroxylation sites is 1. The molecule has 2 N–H and O–H groups in total. The fourth-order valence-corrected chi connectivity index (χ4v) is 2.89. The molecule has 0 saturated carbocycles. The van der Waals surface area contributed by atoms with Gasteiger partial charge in [-0.25, -0.2) is 9.38 Å². The molecule has 1 heterocycles. The SMILES string of the molecule is CCC(CNC(=NCC(=O)N(C)C)NCc1cccs1)Oc1ccccc1F. The van der Waals surface area contributed by atoms with E-state index >= 15 is 0 Å². The highest BCUT2D eigenvalue weighted by molar-refractivity contribution is 7.09. The number of carbonyl (C=O) groups excluding carboxylic acids is 1. The van der Waals surface area contributed by atoms with Crippen molar-refractivity contribution in [2.45, 2.75) is 26.0 Å². The Morgan fingerprint density at radius 3 is 2.68 bits per heavy atom. The van der Waals surface area contributed by atoms with Gasteiger partial charge in [0.25, 0.3) is 0 Å². The molecule has 0 aliphatic rings. The Morgan fingerprint density at radius 2 is 2.04 bits per heavy atom. The van der Waals surface area contributed by atoms with Crippen LogP contribution in [0.2, 0.25) is 0 Å².